The molecule has 38 heavy (non-hydrogen) atoms. The van der Waals surface area contributed by atoms with Gasteiger partial charge in [0.05, 0.1) is 12.2 Å². The van der Waals surface area contributed by atoms with Crippen LogP contribution in [0.1, 0.15) is 28.8 Å². The van der Waals surface area contributed by atoms with Gasteiger partial charge in [0, 0.05) is 34.3 Å². The predicted octanol–water partition coefficient (Wildman–Crippen LogP) is 4.37. The van der Waals surface area contributed by atoms with Crippen LogP contribution >= 0.6 is 11.3 Å². The highest BCUT2D eigenvalue weighted by Crippen LogP contribution is 2.48. The number of nitrogens with one attached hydrogen (secondary N) is 2. The molecule has 0 aliphatic heterocycles. The zero-order chi connectivity index (χ0) is 26.5. The summed E-state index contributed by atoms with van der Waals surface area (Å²) in [5.41, 5.74) is 9.89. The topological polar surface area (TPSA) is 136 Å². The Morgan fingerprint density at radius 2 is 1.74 bits per heavy atom. The minimum atomic E-state index is -0.818. The smallest absolute Gasteiger partial charge is 0.404 e. The van der Waals surface area contributed by atoms with E-state index in [1.54, 1.807) is 30.6 Å². The first-order valence-electron chi connectivity index (χ1n) is 12.0. The van der Waals surface area contributed by atoms with E-state index in [1.807, 2.05) is 47.8 Å². The molecule has 4 N–H and O–H groups in total. The molecule has 9 nitrogen and oxygen atoms in total. The third kappa shape index (κ3) is 5.87. The Bertz CT molecular complexity index is 1480. The van der Waals surface area contributed by atoms with E-state index in [0.29, 0.717) is 10.7 Å². The van der Waals surface area contributed by atoms with Gasteiger partial charge in [-0.1, -0.05) is 30.3 Å². The molecule has 0 bridgehead atoms. The van der Waals surface area contributed by atoms with Gasteiger partial charge in [-0.3, -0.25) is 14.6 Å². The van der Waals surface area contributed by atoms with E-state index in [-0.39, 0.29) is 30.4 Å². The summed E-state index contributed by atoms with van der Waals surface area (Å²) in [5.74, 6) is -0.754. The number of thiazole rings is 1. The van der Waals surface area contributed by atoms with Gasteiger partial charge in [0.1, 0.15) is 6.61 Å². The monoisotopic (exact) mass is 527 g/mol. The summed E-state index contributed by atoms with van der Waals surface area (Å²) in [6.07, 6.45) is 4.37. The number of ether oxygens (including phenoxy) is 1. The number of nitrogens with two attached hydrogens (primary N) is 1. The van der Waals surface area contributed by atoms with E-state index in [2.05, 4.69) is 20.6 Å². The second-order valence-electron chi connectivity index (χ2n) is 9.05. The Balaban J connectivity index is 1.17. The Hall–Kier alpha value is -4.57. The van der Waals surface area contributed by atoms with Crippen LogP contribution < -0.4 is 16.4 Å². The molecule has 4 aromatic rings. The maximum absolute atomic E-state index is 12.7. The number of carbonyl (C=O) groups is 3. The van der Waals surface area contributed by atoms with E-state index in [1.165, 1.54) is 11.3 Å². The molecule has 1 saturated carbocycles. The standard InChI is InChI=1S/C28H25N5O4S/c29-26(36)37-17-28(9-10-28)22-6-2-5-21(14-22)25(35)31-15-24(34)33-27-32-23(16-38-27)20-4-1-3-19(13-20)18-7-11-30-12-8-18/h1-8,11-14,16H,9-10,15,17H2,(H2,29,36)(H,31,35)(H,32,33,34). The van der Waals surface area contributed by atoms with Crippen molar-refractivity contribution in [3.05, 3.63) is 89.6 Å². The molecule has 2 aromatic carbocycles. The number of amides is 3. The summed E-state index contributed by atoms with van der Waals surface area (Å²) in [6, 6.07) is 19.0. The molecule has 1 fully saturated rings. The van der Waals surface area contributed by atoms with Crippen molar-refractivity contribution in [1.29, 1.82) is 0 Å². The number of benzene rings is 2. The summed E-state index contributed by atoms with van der Waals surface area (Å²) in [4.78, 5) is 44.8. The number of hydrogen-bond donors (Lipinski definition) is 3. The number of carbonyl (C=O) groups excluding carboxylic acids is 3. The number of aromatic nitrogens is 2. The van der Waals surface area contributed by atoms with Gasteiger partial charge in [-0.2, -0.15) is 0 Å². The summed E-state index contributed by atoms with van der Waals surface area (Å²) < 4.78 is 4.99. The molecule has 0 saturated heterocycles. The summed E-state index contributed by atoms with van der Waals surface area (Å²) in [7, 11) is 0. The summed E-state index contributed by atoms with van der Waals surface area (Å²) in [5, 5.41) is 7.71. The van der Waals surface area contributed by atoms with Gasteiger partial charge in [-0.05, 0) is 59.9 Å². The number of hydrogen-bond acceptors (Lipinski definition) is 7. The Kier molecular flexibility index (Phi) is 7.14. The molecule has 2 heterocycles. The number of anilines is 1. The molecule has 5 rings (SSSR count). The lowest BCUT2D eigenvalue weighted by molar-refractivity contribution is -0.115. The van der Waals surface area contributed by atoms with Crippen molar-refractivity contribution in [1.82, 2.24) is 15.3 Å². The van der Waals surface area contributed by atoms with Crippen LogP contribution in [0.2, 0.25) is 0 Å². The molecular formula is C28H25N5O4S. The lowest BCUT2D eigenvalue weighted by Gasteiger charge is -2.16. The zero-order valence-corrected chi connectivity index (χ0v) is 21.2. The minimum absolute atomic E-state index is 0.180. The first-order chi connectivity index (χ1) is 18.4. The fourth-order valence-corrected chi connectivity index (χ4v) is 4.89. The Labute approximate surface area is 223 Å². The van der Waals surface area contributed by atoms with E-state index in [9.17, 15) is 14.4 Å². The molecule has 3 amide bonds. The highest BCUT2D eigenvalue weighted by atomic mass is 32.1. The number of nitrogens with zero attached hydrogens (tertiary/aromatic N) is 2. The highest BCUT2D eigenvalue weighted by molar-refractivity contribution is 7.14. The van der Waals surface area contributed by atoms with Crippen LogP contribution in [0.5, 0.6) is 0 Å². The third-order valence-electron chi connectivity index (χ3n) is 6.41. The van der Waals surface area contributed by atoms with Crippen molar-refractivity contribution in [2.24, 2.45) is 5.73 Å². The van der Waals surface area contributed by atoms with Crippen LogP contribution in [-0.2, 0) is 14.9 Å². The maximum Gasteiger partial charge on any atom is 0.404 e. The van der Waals surface area contributed by atoms with Crippen LogP contribution in [0.25, 0.3) is 22.4 Å². The second-order valence-corrected chi connectivity index (χ2v) is 9.91. The molecule has 2 aromatic heterocycles. The van der Waals surface area contributed by atoms with Crippen LogP contribution in [0.3, 0.4) is 0 Å². The zero-order valence-electron chi connectivity index (χ0n) is 20.3. The van der Waals surface area contributed by atoms with Crippen molar-refractivity contribution in [3.8, 4) is 22.4 Å². The molecule has 0 unspecified atom stereocenters. The normalized spacial score (nSPS) is 13.4. The fraction of sp³-hybridized carbons (Fsp3) is 0.179. The Morgan fingerprint density at radius 3 is 2.50 bits per heavy atom. The van der Waals surface area contributed by atoms with Crippen LogP contribution in [0, 0.1) is 0 Å². The van der Waals surface area contributed by atoms with Crippen molar-refractivity contribution in [2.45, 2.75) is 18.3 Å². The van der Waals surface area contributed by atoms with Crippen molar-refractivity contribution >= 4 is 34.4 Å². The molecule has 1 aliphatic carbocycles. The number of primary amides is 1. The van der Waals surface area contributed by atoms with Crippen LogP contribution in [0.4, 0.5) is 9.93 Å². The molecular weight excluding hydrogens is 502 g/mol. The van der Waals surface area contributed by atoms with Gasteiger partial charge in [0.25, 0.3) is 5.91 Å². The molecule has 0 atom stereocenters. The van der Waals surface area contributed by atoms with Crippen molar-refractivity contribution in [2.75, 3.05) is 18.5 Å². The third-order valence-corrected chi connectivity index (χ3v) is 7.17. The van der Waals surface area contributed by atoms with Gasteiger partial charge in [-0.25, -0.2) is 9.78 Å². The van der Waals surface area contributed by atoms with Crippen molar-refractivity contribution in [3.63, 3.8) is 0 Å². The molecule has 1 aliphatic rings. The lowest BCUT2D eigenvalue weighted by Crippen LogP contribution is -2.33. The summed E-state index contributed by atoms with van der Waals surface area (Å²) >= 11 is 1.31. The van der Waals surface area contributed by atoms with Gasteiger partial charge in [0.2, 0.25) is 5.91 Å². The van der Waals surface area contributed by atoms with Gasteiger partial charge >= 0.3 is 6.09 Å². The average Bonchev–Trinajstić information content (AvgIpc) is 3.61. The second kappa shape index (κ2) is 10.8. The molecule has 0 spiro atoms. The number of rotatable bonds is 9. The van der Waals surface area contributed by atoms with Gasteiger partial charge in [0.15, 0.2) is 5.13 Å². The quantitative estimate of drug-likeness (QED) is 0.296. The lowest BCUT2D eigenvalue weighted by atomic mass is 9.95. The fourth-order valence-electron chi connectivity index (χ4n) is 4.16. The van der Waals surface area contributed by atoms with E-state index >= 15 is 0 Å². The van der Waals surface area contributed by atoms with Crippen molar-refractivity contribution < 1.29 is 19.1 Å². The Morgan fingerprint density at radius 1 is 0.974 bits per heavy atom. The molecule has 192 valence electrons. The van der Waals surface area contributed by atoms with Crippen LogP contribution in [-0.4, -0.2) is 41.0 Å². The minimum Gasteiger partial charge on any atom is -0.449 e. The first-order valence-corrected chi connectivity index (χ1v) is 12.9. The van der Waals surface area contributed by atoms with E-state index in [0.717, 1.165) is 40.8 Å². The van der Waals surface area contributed by atoms with E-state index in [4.69, 9.17) is 10.5 Å². The summed E-state index contributed by atoms with van der Waals surface area (Å²) in [6.45, 7) is -0.0227. The SMILES string of the molecule is NC(=O)OCC1(c2cccc(C(=O)NCC(=O)Nc3nc(-c4cccc(-c5ccncc5)c4)cs3)c2)CC1. The van der Waals surface area contributed by atoms with Gasteiger partial charge < -0.3 is 21.1 Å². The maximum atomic E-state index is 12.7. The molecule has 0 radical (unpaired) electrons. The average molecular weight is 528 g/mol. The highest BCUT2D eigenvalue weighted by Gasteiger charge is 2.45. The largest absolute Gasteiger partial charge is 0.449 e. The van der Waals surface area contributed by atoms with Crippen LogP contribution in [0.15, 0.2) is 78.4 Å². The predicted molar refractivity (Wildman–Crippen MR) is 145 cm³/mol. The molecule has 10 heteroatoms. The first kappa shape index (κ1) is 25.1. The van der Waals surface area contributed by atoms with E-state index < -0.39 is 6.09 Å². The van der Waals surface area contributed by atoms with Gasteiger partial charge in [-0.15, -0.1) is 11.3 Å². The number of pyridine rings is 1.